The van der Waals surface area contributed by atoms with E-state index < -0.39 is 0 Å². The Bertz CT molecular complexity index is 603. The Labute approximate surface area is 151 Å². The molecule has 1 aromatic carbocycles. The minimum atomic E-state index is -0.133. The van der Waals surface area contributed by atoms with E-state index in [2.05, 4.69) is 46.7 Å². The van der Waals surface area contributed by atoms with Gasteiger partial charge in [-0.15, -0.1) is 0 Å². The molecule has 5 nitrogen and oxygen atoms in total. The van der Waals surface area contributed by atoms with Gasteiger partial charge in [-0.05, 0) is 43.5 Å². The van der Waals surface area contributed by atoms with Crippen LogP contribution in [0, 0.1) is 6.92 Å². The van der Waals surface area contributed by atoms with Gasteiger partial charge in [-0.2, -0.15) is 0 Å². The second kappa shape index (κ2) is 7.23. The molecule has 4 rings (SSSR count). The highest BCUT2D eigenvalue weighted by Gasteiger charge is 2.38. The molecule has 3 saturated heterocycles. The molecule has 0 saturated carbocycles. The number of aliphatic hydroxyl groups excluding tert-OH is 1. The van der Waals surface area contributed by atoms with Gasteiger partial charge in [0.05, 0.1) is 19.3 Å². The van der Waals surface area contributed by atoms with Crippen LogP contribution in [0.5, 0.6) is 0 Å². The number of morpholine rings is 1. The first-order valence-electron chi connectivity index (χ1n) is 9.68. The van der Waals surface area contributed by atoms with Gasteiger partial charge < -0.3 is 14.7 Å². The molecule has 1 N–H and O–H groups in total. The number of benzene rings is 1. The van der Waals surface area contributed by atoms with Gasteiger partial charge in [0.25, 0.3) is 0 Å². The fraction of sp³-hybridized carbons (Fsp3) is 0.700. The van der Waals surface area contributed by atoms with E-state index >= 15 is 0 Å². The van der Waals surface area contributed by atoms with Crippen LogP contribution in [0.2, 0.25) is 0 Å². The summed E-state index contributed by atoms with van der Waals surface area (Å²) in [7, 11) is 0. The molecule has 138 valence electrons. The summed E-state index contributed by atoms with van der Waals surface area (Å²) < 4.78 is 5.46. The fourth-order valence-electron chi connectivity index (χ4n) is 4.59. The average molecular weight is 345 g/mol. The van der Waals surface area contributed by atoms with Crippen molar-refractivity contribution in [2.75, 3.05) is 50.8 Å². The summed E-state index contributed by atoms with van der Waals surface area (Å²) >= 11 is 0. The first-order valence-corrected chi connectivity index (χ1v) is 9.68. The summed E-state index contributed by atoms with van der Waals surface area (Å²) in [5.41, 5.74) is 4.13. The van der Waals surface area contributed by atoms with E-state index in [4.69, 9.17) is 4.74 Å². The highest BCUT2D eigenvalue weighted by Crippen LogP contribution is 2.27. The van der Waals surface area contributed by atoms with Crippen LogP contribution in [0.1, 0.15) is 24.5 Å². The molecular weight excluding hydrogens is 314 g/mol. The smallest absolute Gasteiger partial charge is 0.0682 e. The zero-order valence-corrected chi connectivity index (χ0v) is 15.5. The third kappa shape index (κ3) is 3.70. The van der Waals surface area contributed by atoms with Crippen molar-refractivity contribution < 1.29 is 9.84 Å². The molecule has 0 radical (unpaired) electrons. The Morgan fingerprint density at radius 1 is 1.16 bits per heavy atom. The minimum absolute atomic E-state index is 0.133. The van der Waals surface area contributed by atoms with Crippen molar-refractivity contribution in [2.45, 2.75) is 45.0 Å². The molecule has 0 unspecified atom stereocenters. The number of rotatable bonds is 3. The monoisotopic (exact) mass is 345 g/mol. The maximum atomic E-state index is 9.95. The third-order valence-corrected chi connectivity index (χ3v) is 6.15. The second-order valence-corrected chi connectivity index (χ2v) is 7.99. The summed E-state index contributed by atoms with van der Waals surface area (Å²) in [6, 6.07) is 7.98. The highest BCUT2D eigenvalue weighted by molar-refractivity contribution is 5.51. The molecular formula is C20H31N3O2. The summed E-state index contributed by atoms with van der Waals surface area (Å²) in [6.45, 7) is 12.2. The molecule has 5 heteroatoms. The minimum Gasteiger partial charge on any atom is -0.392 e. The predicted octanol–water partition coefficient (Wildman–Crippen LogP) is 1.47. The number of nitrogens with zero attached hydrogens (tertiary/aromatic N) is 3. The lowest BCUT2D eigenvalue weighted by Gasteiger charge is -2.42. The van der Waals surface area contributed by atoms with E-state index in [-0.39, 0.29) is 6.10 Å². The van der Waals surface area contributed by atoms with E-state index in [1.807, 2.05) is 0 Å². The Balaban J connectivity index is 1.43. The Hall–Kier alpha value is -1.14. The lowest BCUT2D eigenvalue weighted by Crippen LogP contribution is -2.54. The van der Waals surface area contributed by atoms with E-state index in [1.165, 1.54) is 16.8 Å². The molecule has 3 atom stereocenters. The van der Waals surface area contributed by atoms with E-state index in [1.54, 1.807) is 0 Å². The van der Waals surface area contributed by atoms with Crippen LogP contribution in [0.15, 0.2) is 18.2 Å². The number of aliphatic hydroxyl groups is 1. The second-order valence-electron chi connectivity index (χ2n) is 7.99. The largest absolute Gasteiger partial charge is 0.392 e. The molecule has 0 amide bonds. The van der Waals surface area contributed by atoms with Gasteiger partial charge in [0.2, 0.25) is 0 Å². The van der Waals surface area contributed by atoms with E-state index in [0.717, 1.165) is 58.9 Å². The van der Waals surface area contributed by atoms with Gasteiger partial charge >= 0.3 is 0 Å². The van der Waals surface area contributed by atoms with Crippen molar-refractivity contribution in [2.24, 2.45) is 0 Å². The number of aryl methyl sites for hydroxylation is 1. The zero-order chi connectivity index (χ0) is 17.4. The van der Waals surface area contributed by atoms with Crippen molar-refractivity contribution in [3.63, 3.8) is 0 Å². The van der Waals surface area contributed by atoms with Crippen molar-refractivity contribution in [1.82, 2.24) is 9.80 Å². The lowest BCUT2D eigenvalue weighted by molar-refractivity contribution is 0.0527. The normalized spacial score (nSPS) is 31.3. The quantitative estimate of drug-likeness (QED) is 0.898. The third-order valence-electron chi connectivity index (χ3n) is 6.15. The first-order chi connectivity index (χ1) is 12.1. The van der Waals surface area contributed by atoms with Crippen molar-refractivity contribution in [3.8, 4) is 0 Å². The molecule has 25 heavy (non-hydrogen) atoms. The lowest BCUT2D eigenvalue weighted by atomic mass is 10.0. The Morgan fingerprint density at radius 2 is 1.96 bits per heavy atom. The van der Waals surface area contributed by atoms with Crippen LogP contribution in [0.3, 0.4) is 0 Å². The molecule has 3 aliphatic heterocycles. The fourth-order valence-corrected chi connectivity index (χ4v) is 4.59. The van der Waals surface area contributed by atoms with Crippen LogP contribution in [-0.2, 0) is 11.3 Å². The zero-order valence-electron chi connectivity index (χ0n) is 15.5. The number of hydrogen-bond donors (Lipinski definition) is 1. The number of hydrogen-bond acceptors (Lipinski definition) is 5. The van der Waals surface area contributed by atoms with Crippen LogP contribution in [0.4, 0.5) is 5.69 Å². The summed E-state index contributed by atoms with van der Waals surface area (Å²) in [5, 5.41) is 9.95. The van der Waals surface area contributed by atoms with Crippen molar-refractivity contribution in [1.29, 1.82) is 0 Å². The average Bonchev–Trinajstić information content (AvgIpc) is 2.96. The van der Waals surface area contributed by atoms with Crippen LogP contribution in [-0.4, -0.2) is 79.0 Å². The Kier molecular flexibility index (Phi) is 5.00. The first kappa shape index (κ1) is 17.3. The van der Waals surface area contributed by atoms with Gasteiger partial charge in [-0.3, -0.25) is 9.80 Å². The topological polar surface area (TPSA) is 39.2 Å². The number of ether oxygens (including phenoxy) is 1. The molecule has 0 bridgehead atoms. The van der Waals surface area contributed by atoms with E-state index in [0.29, 0.717) is 12.1 Å². The number of piperazine rings is 1. The van der Waals surface area contributed by atoms with Crippen LogP contribution >= 0.6 is 0 Å². The van der Waals surface area contributed by atoms with Gasteiger partial charge in [-0.25, -0.2) is 0 Å². The summed E-state index contributed by atoms with van der Waals surface area (Å²) in [5.74, 6) is 0. The molecule has 0 aromatic heterocycles. The molecule has 1 aromatic rings. The van der Waals surface area contributed by atoms with Crippen LogP contribution < -0.4 is 4.90 Å². The Morgan fingerprint density at radius 3 is 2.72 bits per heavy atom. The predicted molar refractivity (Wildman–Crippen MR) is 100 cm³/mol. The van der Waals surface area contributed by atoms with Crippen molar-refractivity contribution in [3.05, 3.63) is 29.3 Å². The van der Waals surface area contributed by atoms with Gasteiger partial charge in [0.1, 0.15) is 0 Å². The maximum Gasteiger partial charge on any atom is 0.0682 e. The SMILES string of the molecule is Cc1cc(N2CCOCC2)ccc1CN1C[C@@H]2C[C@@H](O)CN2C[C@H]1C. The van der Waals surface area contributed by atoms with Gasteiger partial charge in [0.15, 0.2) is 0 Å². The number of fused-ring (bicyclic) bond motifs is 1. The van der Waals surface area contributed by atoms with Crippen LogP contribution in [0.25, 0.3) is 0 Å². The van der Waals surface area contributed by atoms with E-state index in [9.17, 15) is 5.11 Å². The van der Waals surface area contributed by atoms with Gasteiger partial charge in [0, 0.05) is 57.0 Å². The van der Waals surface area contributed by atoms with Crippen molar-refractivity contribution >= 4 is 5.69 Å². The molecule has 0 spiro atoms. The molecule has 3 aliphatic rings. The highest BCUT2D eigenvalue weighted by atomic mass is 16.5. The molecule has 0 aliphatic carbocycles. The standard InChI is InChI=1S/C20H31N3O2/c1-15-9-18(21-5-7-25-8-6-21)4-3-17(15)12-22-13-19-10-20(24)14-23(19)11-16(22)2/h3-4,9,16,19-20,24H,5-8,10-14H2,1-2H3/t16-,19+,20-/m1/s1. The maximum absolute atomic E-state index is 9.95. The summed E-state index contributed by atoms with van der Waals surface area (Å²) in [4.78, 5) is 7.48. The number of anilines is 1. The van der Waals surface area contributed by atoms with Gasteiger partial charge in [-0.1, -0.05) is 6.07 Å². The molecule has 3 heterocycles. The molecule has 3 fully saturated rings. The summed E-state index contributed by atoms with van der Waals surface area (Å²) in [6.07, 6.45) is 0.796.